The molecule has 0 aliphatic carbocycles. The summed E-state index contributed by atoms with van der Waals surface area (Å²) < 4.78 is 21.9. The van der Waals surface area contributed by atoms with E-state index in [1.807, 2.05) is 29.6 Å². The number of morpholine rings is 1. The molecule has 4 rings (SSSR count). The fourth-order valence-electron chi connectivity index (χ4n) is 3.43. The molecule has 0 bridgehead atoms. The van der Waals surface area contributed by atoms with E-state index < -0.39 is 0 Å². The van der Waals surface area contributed by atoms with Gasteiger partial charge in [0.1, 0.15) is 12.4 Å². The second-order valence-electron chi connectivity index (χ2n) is 7.39. The van der Waals surface area contributed by atoms with Gasteiger partial charge in [0.2, 0.25) is 0 Å². The van der Waals surface area contributed by atoms with Crippen LogP contribution in [-0.4, -0.2) is 69.5 Å². The van der Waals surface area contributed by atoms with Crippen molar-refractivity contribution in [3.05, 3.63) is 53.4 Å². The van der Waals surface area contributed by atoms with E-state index in [9.17, 15) is 4.79 Å². The number of nitrogens with one attached hydrogen (secondary N) is 1. The molecule has 1 aliphatic rings. The van der Waals surface area contributed by atoms with Crippen molar-refractivity contribution in [2.75, 3.05) is 59.0 Å². The third kappa shape index (κ3) is 6.01. The van der Waals surface area contributed by atoms with E-state index in [0.29, 0.717) is 28.8 Å². The van der Waals surface area contributed by atoms with Crippen LogP contribution in [0.5, 0.6) is 17.2 Å². The molecule has 0 saturated carbocycles. The van der Waals surface area contributed by atoms with Gasteiger partial charge in [0.25, 0.3) is 5.91 Å². The summed E-state index contributed by atoms with van der Waals surface area (Å²) in [5.41, 5.74) is 2.21. The van der Waals surface area contributed by atoms with Gasteiger partial charge in [0.05, 0.1) is 33.1 Å². The van der Waals surface area contributed by atoms with Crippen LogP contribution in [0.25, 0.3) is 11.3 Å². The predicted molar refractivity (Wildman–Crippen MR) is 128 cm³/mol. The van der Waals surface area contributed by atoms with Gasteiger partial charge in [-0.3, -0.25) is 15.0 Å². The van der Waals surface area contributed by atoms with E-state index in [0.717, 1.165) is 49.9 Å². The average Bonchev–Trinajstić information content (AvgIpc) is 3.33. The second kappa shape index (κ2) is 11.1. The smallest absolute Gasteiger partial charge is 0.257 e. The fraction of sp³-hybridized carbons (Fsp3) is 0.333. The lowest BCUT2D eigenvalue weighted by Gasteiger charge is -2.26. The third-order valence-electron chi connectivity index (χ3n) is 5.31. The molecular formula is C24H27N3O5S. The third-order valence-corrected chi connectivity index (χ3v) is 6.06. The predicted octanol–water partition coefficient (Wildman–Crippen LogP) is 3.79. The summed E-state index contributed by atoms with van der Waals surface area (Å²) in [5, 5.41) is 5.29. The van der Waals surface area contributed by atoms with Gasteiger partial charge < -0.3 is 18.9 Å². The lowest BCUT2D eigenvalue weighted by molar-refractivity contribution is 0.0321. The van der Waals surface area contributed by atoms with Crippen LogP contribution >= 0.6 is 11.3 Å². The number of amides is 1. The van der Waals surface area contributed by atoms with Gasteiger partial charge >= 0.3 is 0 Å². The normalized spacial score (nSPS) is 14.0. The Hall–Kier alpha value is -3.14. The minimum Gasteiger partial charge on any atom is -0.497 e. The van der Waals surface area contributed by atoms with Crippen LogP contribution in [0.4, 0.5) is 5.13 Å². The molecule has 0 atom stereocenters. The first kappa shape index (κ1) is 23.0. The van der Waals surface area contributed by atoms with E-state index in [1.54, 1.807) is 32.4 Å². The summed E-state index contributed by atoms with van der Waals surface area (Å²) in [6, 6.07) is 12.8. The highest BCUT2D eigenvalue weighted by atomic mass is 32.1. The molecule has 9 heteroatoms. The van der Waals surface area contributed by atoms with Crippen LogP contribution in [0, 0.1) is 0 Å². The van der Waals surface area contributed by atoms with Crippen molar-refractivity contribution in [2.24, 2.45) is 0 Å². The molecule has 1 saturated heterocycles. The summed E-state index contributed by atoms with van der Waals surface area (Å²) in [6.07, 6.45) is 0. The topological polar surface area (TPSA) is 82.2 Å². The van der Waals surface area contributed by atoms with E-state index in [-0.39, 0.29) is 5.91 Å². The molecule has 8 nitrogen and oxygen atoms in total. The van der Waals surface area contributed by atoms with Crippen molar-refractivity contribution in [1.82, 2.24) is 9.88 Å². The summed E-state index contributed by atoms with van der Waals surface area (Å²) >= 11 is 1.37. The van der Waals surface area contributed by atoms with Crippen LogP contribution < -0.4 is 19.5 Å². The summed E-state index contributed by atoms with van der Waals surface area (Å²) in [4.78, 5) is 19.6. The maximum atomic E-state index is 12.8. The fourth-order valence-corrected chi connectivity index (χ4v) is 4.15. The lowest BCUT2D eigenvalue weighted by atomic mass is 10.2. The van der Waals surface area contributed by atoms with Gasteiger partial charge in [-0.05, 0) is 42.5 Å². The zero-order valence-corrected chi connectivity index (χ0v) is 19.5. The molecule has 2 aromatic carbocycles. The molecular weight excluding hydrogens is 442 g/mol. The molecule has 1 amide bonds. The molecule has 3 aromatic rings. The number of carbonyl (C=O) groups excluding carboxylic acids is 1. The summed E-state index contributed by atoms with van der Waals surface area (Å²) in [7, 11) is 3.19. The maximum Gasteiger partial charge on any atom is 0.257 e. The first-order valence-corrected chi connectivity index (χ1v) is 11.6. The molecule has 0 spiro atoms. The first-order valence-electron chi connectivity index (χ1n) is 10.7. The number of anilines is 1. The SMILES string of the molecule is COc1ccc(-c2csc(NC(=O)c3ccc(OCCN4CCOCC4)c(OC)c3)n2)cc1. The van der Waals surface area contributed by atoms with Crippen molar-refractivity contribution in [2.45, 2.75) is 0 Å². The summed E-state index contributed by atoms with van der Waals surface area (Å²) in [6.45, 7) is 4.69. The van der Waals surface area contributed by atoms with Crippen LogP contribution in [0.1, 0.15) is 10.4 Å². The zero-order chi connectivity index (χ0) is 23.0. The first-order chi connectivity index (χ1) is 16.2. The quantitative estimate of drug-likeness (QED) is 0.511. The number of aromatic nitrogens is 1. The van der Waals surface area contributed by atoms with Crippen LogP contribution in [0.2, 0.25) is 0 Å². The van der Waals surface area contributed by atoms with Gasteiger partial charge in [-0.15, -0.1) is 11.3 Å². The second-order valence-corrected chi connectivity index (χ2v) is 8.25. The molecule has 2 heterocycles. The van der Waals surface area contributed by atoms with Crippen LogP contribution in [-0.2, 0) is 4.74 Å². The van der Waals surface area contributed by atoms with Gasteiger partial charge in [-0.2, -0.15) is 0 Å². The van der Waals surface area contributed by atoms with E-state index in [4.69, 9.17) is 18.9 Å². The van der Waals surface area contributed by atoms with E-state index in [1.165, 1.54) is 11.3 Å². The Morgan fingerprint density at radius 1 is 1.09 bits per heavy atom. The lowest BCUT2D eigenvalue weighted by Crippen LogP contribution is -2.38. The molecule has 0 radical (unpaired) electrons. The van der Waals surface area contributed by atoms with Crippen LogP contribution in [0.3, 0.4) is 0 Å². The van der Waals surface area contributed by atoms with Crippen molar-refractivity contribution in [3.63, 3.8) is 0 Å². The zero-order valence-electron chi connectivity index (χ0n) is 18.7. The highest BCUT2D eigenvalue weighted by Crippen LogP contribution is 2.30. The van der Waals surface area contributed by atoms with Crippen molar-refractivity contribution in [1.29, 1.82) is 0 Å². The monoisotopic (exact) mass is 469 g/mol. The van der Waals surface area contributed by atoms with E-state index >= 15 is 0 Å². The van der Waals surface area contributed by atoms with Crippen molar-refractivity contribution in [3.8, 4) is 28.5 Å². The largest absolute Gasteiger partial charge is 0.497 e. The number of carbonyl (C=O) groups is 1. The Labute approximate surface area is 197 Å². The van der Waals surface area contributed by atoms with Gasteiger partial charge in [0.15, 0.2) is 16.6 Å². The number of rotatable bonds is 9. The van der Waals surface area contributed by atoms with E-state index in [2.05, 4.69) is 15.2 Å². The minimum absolute atomic E-state index is 0.260. The molecule has 1 N–H and O–H groups in total. The Morgan fingerprint density at radius 2 is 1.88 bits per heavy atom. The molecule has 1 aromatic heterocycles. The molecule has 1 aliphatic heterocycles. The Bertz CT molecular complexity index is 1060. The Balaban J connectivity index is 1.36. The van der Waals surface area contributed by atoms with Crippen LogP contribution in [0.15, 0.2) is 47.8 Å². The van der Waals surface area contributed by atoms with Crippen molar-refractivity contribution < 1.29 is 23.7 Å². The number of thiazole rings is 1. The number of hydrogen-bond acceptors (Lipinski definition) is 8. The number of hydrogen-bond donors (Lipinski definition) is 1. The van der Waals surface area contributed by atoms with Gasteiger partial charge in [-0.25, -0.2) is 4.98 Å². The summed E-state index contributed by atoms with van der Waals surface area (Å²) in [5.74, 6) is 1.65. The van der Waals surface area contributed by atoms with Gasteiger partial charge in [-0.1, -0.05) is 0 Å². The number of nitrogens with zero attached hydrogens (tertiary/aromatic N) is 2. The Morgan fingerprint density at radius 3 is 2.61 bits per heavy atom. The number of methoxy groups -OCH3 is 2. The molecule has 0 unspecified atom stereocenters. The minimum atomic E-state index is -0.260. The highest BCUT2D eigenvalue weighted by Gasteiger charge is 2.15. The Kier molecular flexibility index (Phi) is 7.77. The standard InChI is InChI=1S/C24H27N3O5S/c1-29-19-6-3-17(4-7-19)20-16-33-24(25-20)26-23(28)18-5-8-21(22(15-18)30-2)32-14-11-27-9-12-31-13-10-27/h3-8,15-16H,9-14H2,1-2H3,(H,25,26,28). The molecule has 33 heavy (non-hydrogen) atoms. The van der Waals surface area contributed by atoms with Crippen molar-refractivity contribution >= 4 is 22.4 Å². The number of ether oxygens (including phenoxy) is 4. The van der Waals surface area contributed by atoms with Gasteiger partial charge in [0, 0.05) is 36.1 Å². The number of benzene rings is 2. The maximum absolute atomic E-state index is 12.8. The molecule has 1 fully saturated rings. The highest BCUT2D eigenvalue weighted by molar-refractivity contribution is 7.14. The average molecular weight is 470 g/mol. The molecule has 174 valence electrons.